The maximum Gasteiger partial charge on any atom is 0.269 e. The van der Waals surface area contributed by atoms with Crippen LogP contribution in [0.1, 0.15) is 11.1 Å². The molecule has 0 bridgehead atoms. The number of rotatable bonds is 3. The number of aryl methyl sites for hydroxylation is 2. The molecule has 0 saturated carbocycles. The van der Waals surface area contributed by atoms with Gasteiger partial charge in [0.05, 0.1) is 16.3 Å². The maximum atomic E-state index is 10.5. The molecule has 6 nitrogen and oxygen atoms in total. The molecular weight excluding hydrogens is 256 g/mol. The summed E-state index contributed by atoms with van der Waals surface area (Å²) in [6, 6.07) is 9.62. The third-order valence-electron chi connectivity index (χ3n) is 2.92. The molecule has 0 aliphatic heterocycles. The van der Waals surface area contributed by atoms with Gasteiger partial charge in [-0.2, -0.15) is 10.2 Å². The Labute approximate surface area is 116 Å². The SMILES string of the molecule is Cc1cc(N=Nc2ccc([N+](=O)[O-])cc2)c(C)cc1N. The van der Waals surface area contributed by atoms with Crippen LogP contribution in [0.5, 0.6) is 0 Å². The molecule has 0 unspecified atom stereocenters. The summed E-state index contributed by atoms with van der Waals surface area (Å²) < 4.78 is 0. The minimum Gasteiger partial charge on any atom is -0.399 e. The molecule has 0 atom stereocenters. The number of anilines is 1. The molecule has 2 aromatic rings. The van der Waals surface area contributed by atoms with E-state index in [1.165, 1.54) is 12.1 Å². The van der Waals surface area contributed by atoms with Gasteiger partial charge in [0.25, 0.3) is 5.69 Å². The van der Waals surface area contributed by atoms with Gasteiger partial charge in [0, 0.05) is 17.8 Å². The highest BCUT2D eigenvalue weighted by atomic mass is 16.6. The number of nitro benzene ring substituents is 1. The smallest absolute Gasteiger partial charge is 0.269 e. The molecule has 2 rings (SSSR count). The van der Waals surface area contributed by atoms with Crippen LogP contribution in [0.4, 0.5) is 22.7 Å². The van der Waals surface area contributed by atoms with Crippen molar-refractivity contribution < 1.29 is 4.92 Å². The van der Waals surface area contributed by atoms with Gasteiger partial charge in [-0.15, -0.1) is 0 Å². The Balaban J connectivity index is 2.25. The largest absolute Gasteiger partial charge is 0.399 e. The number of benzene rings is 2. The summed E-state index contributed by atoms with van der Waals surface area (Å²) in [6.07, 6.45) is 0. The van der Waals surface area contributed by atoms with Crippen LogP contribution < -0.4 is 5.73 Å². The lowest BCUT2D eigenvalue weighted by Crippen LogP contribution is -1.90. The van der Waals surface area contributed by atoms with Crippen molar-refractivity contribution >= 4 is 22.7 Å². The summed E-state index contributed by atoms with van der Waals surface area (Å²) in [5.41, 5.74) is 9.71. The molecule has 6 heteroatoms. The summed E-state index contributed by atoms with van der Waals surface area (Å²) in [5.74, 6) is 0. The van der Waals surface area contributed by atoms with Crippen molar-refractivity contribution in [3.63, 3.8) is 0 Å². The Morgan fingerprint density at radius 1 is 1.05 bits per heavy atom. The van der Waals surface area contributed by atoms with E-state index >= 15 is 0 Å². The van der Waals surface area contributed by atoms with Crippen molar-refractivity contribution in [2.24, 2.45) is 10.2 Å². The Morgan fingerprint density at radius 3 is 2.30 bits per heavy atom. The Kier molecular flexibility index (Phi) is 3.74. The van der Waals surface area contributed by atoms with Crippen LogP contribution in [0.3, 0.4) is 0 Å². The van der Waals surface area contributed by atoms with E-state index in [4.69, 9.17) is 5.73 Å². The third-order valence-corrected chi connectivity index (χ3v) is 2.92. The Hall–Kier alpha value is -2.76. The first kappa shape index (κ1) is 13.7. The van der Waals surface area contributed by atoms with Crippen LogP contribution in [0.2, 0.25) is 0 Å². The minimum absolute atomic E-state index is 0.0310. The number of nitrogen functional groups attached to an aromatic ring is 1. The second-order valence-electron chi connectivity index (χ2n) is 4.47. The predicted octanol–water partition coefficient (Wildman–Crippen LogP) is 4.21. The number of azo groups is 1. The van der Waals surface area contributed by atoms with Gasteiger partial charge < -0.3 is 5.73 Å². The van der Waals surface area contributed by atoms with Gasteiger partial charge in [-0.25, -0.2) is 0 Å². The summed E-state index contributed by atoms with van der Waals surface area (Å²) in [7, 11) is 0. The molecular formula is C14H14N4O2. The molecule has 0 fully saturated rings. The van der Waals surface area contributed by atoms with Crippen LogP contribution in [0.25, 0.3) is 0 Å². The monoisotopic (exact) mass is 270 g/mol. The topological polar surface area (TPSA) is 93.9 Å². The first-order valence-corrected chi connectivity index (χ1v) is 6.00. The van der Waals surface area contributed by atoms with Crippen molar-refractivity contribution in [2.75, 3.05) is 5.73 Å². The Morgan fingerprint density at radius 2 is 1.70 bits per heavy atom. The van der Waals surface area contributed by atoms with E-state index < -0.39 is 4.92 Å². The van der Waals surface area contributed by atoms with E-state index in [0.717, 1.165) is 22.5 Å². The van der Waals surface area contributed by atoms with Gasteiger partial charge in [-0.3, -0.25) is 10.1 Å². The fourth-order valence-corrected chi connectivity index (χ4v) is 1.68. The van der Waals surface area contributed by atoms with Gasteiger partial charge in [0.2, 0.25) is 0 Å². The molecule has 2 N–H and O–H groups in total. The predicted molar refractivity (Wildman–Crippen MR) is 77.6 cm³/mol. The summed E-state index contributed by atoms with van der Waals surface area (Å²) >= 11 is 0. The van der Waals surface area contributed by atoms with E-state index in [2.05, 4.69) is 10.2 Å². The molecule has 0 aliphatic carbocycles. The van der Waals surface area contributed by atoms with Crippen molar-refractivity contribution in [3.8, 4) is 0 Å². The molecule has 102 valence electrons. The lowest BCUT2D eigenvalue weighted by Gasteiger charge is -2.04. The molecule has 0 amide bonds. The van der Waals surface area contributed by atoms with Gasteiger partial charge in [-0.05, 0) is 49.2 Å². The molecule has 0 heterocycles. The van der Waals surface area contributed by atoms with Crippen LogP contribution in [0, 0.1) is 24.0 Å². The quantitative estimate of drug-likeness (QED) is 0.391. The number of nitrogens with zero attached hydrogens (tertiary/aromatic N) is 3. The fraction of sp³-hybridized carbons (Fsp3) is 0.143. The highest BCUT2D eigenvalue weighted by Gasteiger charge is 2.04. The molecule has 0 aromatic heterocycles. The second kappa shape index (κ2) is 5.48. The Bertz CT molecular complexity index is 678. The maximum absolute atomic E-state index is 10.5. The van der Waals surface area contributed by atoms with Crippen LogP contribution in [-0.2, 0) is 0 Å². The van der Waals surface area contributed by atoms with E-state index in [1.807, 2.05) is 26.0 Å². The second-order valence-corrected chi connectivity index (χ2v) is 4.47. The van der Waals surface area contributed by atoms with E-state index in [-0.39, 0.29) is 5.69 Å². The lowest BCUT2D eigenvalue weighted by atomic mass is 10.1. The van der Waals surface area contributed by atoms with Gasteiger partial charge in [0.1, 0.15) is 0 Å². The summed E-state index contributed by atoms with van der Waals surface area (Å²) in [6.45, 7) is 3.81. The first-order valence-electron chi connectivity index (χ1n) is 6.00. The number of non-ortho nitro benzene ring substituents is 1. The number of hydrogen-bond acceptors (Lipinski definition) is 5. The van der Waals surface area contributed by atoms with Gasteiger partial charge in [-0.1, -0.05) is 0 Å². The van der Waals surface area contributed by atoms with Gasteiger partial charge in [0.15, 0.2) is 0 Å². The highest BCUT2D eigenvalue weighted by Crippen LogP contribution is 2.27. The summed E-state index contributed by atoms with van der Waals surface area (Å²) in [4.78, 5) is 10.1. The molecule has 0 radical (unpaired) electrons. The average Bonchev–Trinajstić information content (AvgIpc) is 2.42. The van der Waals surface area contributed by atoms with E-state index in [0.29, 0.717) is 5.69 Å². The molecule has 20 heavy (non-hydrogen) atoms. The van der Waals surface area contributed by atoms with E-state index in [1.54, 1.807) is 12.1 Å². The third kappa shape index (κ3) is 2.97. The minimum atomic E-state index is -0.450. The zero-order valence-corrected chi connectivity index (χ0v) is 11.2. The summed E-state index contributed by atoms with van der Waals surface area (Å²) in [5, 5.41) is 18.8. The van der Waals surface area contributed by atoms with Crippen LogP contribution in [0.15, 0.2) is 46.6 Å². The zero-order valence-electron chi connectivity index (χ0n) is 11.2. The molecule has 0 saturated heterocycles. The van der Waals surface area contributed by atoms with Crippen LogP contribution in [-0.4, -0.2) is 4.92 Å². The van der Waals surface area contributed by atoms with Crippen molar-refractivity contribution in [1.29, 1.82) is 0 Å². The number of nitrogens with two attached hydrogens (primary N) is 1. The number of nitro groups is 1. The lowest BCUT2D eigenvalue weighted by molar-refractivity contribution is -0.384. The molecule has 0 aliphatic rings. The zero-order chi connectivity index (χ0) is 14.7. The van der Waals surface area contributed by atoms with E-state index in [9.17, 15) is 10.1 Å². The van der Waals surface area contributed by atoms with Crippen LogP contribution >= 0.6 is 0 Å². The number of hydrogen-bond donors (Lipinski definition) is 1. The van der Waals surface area contributed by atoms with Gasteiger partial charge >= 0.3 is 0 Å². The van der Waals surface area contributed by atoms with Crippen molar-refractivity contribution in [2.45, 2.75) is 13.8 Å². The normalized spacial score (nSPS) is 10.9. The molecule has 0 spiro atoms. The standard InChI is InChI=1S/C14H14N4O2/c1-9-8-14(10(2)7-13(9)15)17-16-11-3-5-12(6-4-11)18(19)20/h3-8H,15H2,1-2H3. The highest BCUT2D eigenvalue weighted by molar-refractivity contribution is 5.59. The first-order chi connectivity index (χ1) is 9.47. The molecule has 2 aromatic carbocycles. The van der Waals surface area contributed by atoms with Crippen molar-refractivity contribution in [1.82, 2.24) is 0 Å². The fourth-order valence-electron chi connectivity index (χ4n) is 1.68. The average molecular weight is 270 g/mol. The van der Waals surface area contributed by atoms with Crippen molar-refractivity contribution in [3.05, 3.63) is 57.6 Å².